The van der Waals surface area contributed by atoms with Gasteiger partial charge in [-0.1, -0.05) is 59.6 Å². The summed E-state index contributed by atoms with van der Waals surface area (Å²) < 4.78 is 0. The fraction of sp³-hybridized carbons (Fsp3) is 0.130. The molecule has 7 heteroatoms. The van der Waals surface area contributed by atoms with Crippen molar-refractivity contribution in [3.8, 4) is 0 Å². The summed E-state index contributed by atoms with van der Waals surface area (Å²) in [7, 11) is 0. The van der Waals surface area contributed by atoms with Crippen LogP contribution in [-0.2, 0) is 21.5 Å². The van der Waals surface area contributed by atoms with Crippen molar-refractivity contribution < 1.29 is 9.59 Å². The Labute approximate surface area is 184 Å². The first-order valence-corrected chi connectivity index (χ1v) is 10.1. The third kappa shape index (κ3) is 3.62. The van der Waals surface area contributed by atoms with Crippen molar-refractivity contribution in [2.24, 2.45) is 5.73 Å². The number of amides is 2. The van der Waals surface area contributed by atoms with Crippen LogP contribution in [0, 0.1) is 0 Å². The highest BCUT2D eigenvalue weighted by Crippen LogP contribution is 2.45. The van der Waals surface area contributed by atoms with Crippen molar-refractivity contribution in [2.45, 2.75) is 12.0 Å². The Hall–Kier alpha value is -3.02. The summed E-state index contributed by atoms with van der Waals surface area (Å²) in [4.78, 5) is 27.4. The molecule has 0 fully saturated rings. The SMILES string of the molecule is NC(=O)CN(c1ccccc1)C1(Cc2cccc(Cl)c2)C(=O)Nc2cc(Cl)ccc21. The largest absolute Gasteiger partial charge is 0.368 e. The topological polar surface area (TPSA) is 75.4 Å². The number of rotatable bonds is 6. The summed E-state index contributed by atoms with van der Waals surface area (Å²) in [6.45, 7) is -0.139. The minimum absolute atomic E-state index is 0.139. The molecule has 152 valence electrons. The molecule has 0 saturated heterocycles. The standard InChI is InChI=1S/C23H19Cl2N3O2/c24-16-6-4-5-15(11-16)13-23(19-10-9-17(25)12-20(19)27-22(23)30)28(14-21(26)29)18-7-2-1-3-8-18/h1-12H,13-14H2,(H2,26,29)(H,27,30). The van der Waals surface area contributed by atoms with Crippen molar-refractivity contribution in [1.82, 2.24) is 0 Å². The van der Waals surface area contributed by atoms with Crippen LogP contribution in [0.3, 0.4) is 0 Å². The number of para-hydroxylation sites is 1. The number of hydrogen-bond donors (Lipinski definition) is 2. The predicted octanol–water partition coefficient (Wildman–Crippen LogP) is 4.38. The second kappa shape index (κ2) is 8.01. The Morgan fingerprint density at radius 2 is 1.70 bits per heavy atom. The van der Waals surface area contributed by atoms with Crippen molar-refractivity contribution in [3.05, 3.63) is 94.0 Å². The smallest absolute Gasteiger partial charge is 0.255 e. The van der Waals surface area contributed by atoms with Gasteiger partial charge in [-0.25, -0.2) is 0 Å². The Kier molecular flexibility index (Phi) is 5.41. The number of nitrogens with one attached hydrogen (secondary N) is 1. The number of nitrogens with two attached hydrogens (primary N) is 1. The van der Waals surface area contributed by atoms with Crippen molar-refractivity contribution in [1.29, 1.82) is 0 Å². The molecule has 4 rings (SSSR count). The maximum absolute atomic E-state index is 13.6. The summed E-state index contributed by atoms with van der Waals surface area (Å²) in [5.74, 6) is -0.801. The van der Waals surface area contributed by atoms with Crippen LogP contribution in [-0.4, -0.2) is 18.4 Å². The van der Waals surface area contributed by atoms with Gasteiger partial charge < -0.3 is 16.0 Å². The number of benzene rings is 3. The van der Waals surface area contributed by atoms with Gasteiger partial charge in [0.1, 0.15) is 0 Å². The van der Waals surface area contributed by atoms with Crippen molar-refractivity contribution in [2.75, 3.05) is 16.8 Å². The predicted molar refractivity (Wildman–Crippen MR) is 120 cm³/mol. The van der Waals surface area contributed by atoms with Crippen LogP contribution in [0.1, 0.15) is 11.1 Å². The van der Waals surface area contributed by atoms with Crippen LogP contribution in [0.25, 0.3) is 0 Å². The number of carbonyl (C=O) groups excluding carboxylic acids is 2. The third-order valence-corrected chi connectivity index (χ3v) is 5.71. The van der Waals surface area contributed by atoms with Gasteiger partial charge in [0.25, 0.3) is 5.91 Å². The molecule has 1 aliphatic rings. The van der Waals surface area contributed by atoms with Crippen molar-refractivity contribution >= 4 is 46.4 Å². The molecule has 3 aromatic rings. The first kappa shape index (κ1) is 20.3. The van der Waals surface area contributed by atoms with E-state index in [2.05, 4.69) is 5.32 Å². The molecule has 2 amide bonds. The highest BCUT2D eigenvalue weighted by atomic mass is 35.5. The van der Waals surface area contributed by atoms with E-state index in [9.17, 15) is 9.59 Å². The number of primary amides is 1. The number of halogens is 2. The molecule has 0 aromatic heterocycles. The summed E-state index contributed by atoms with van der Waals surface area (Å²) in [5, 5.41) is 4.01. The molecule has 5 nitrogen and oxygen atoms in total. The molecule has 1 unspecified atom stereocenters. The molecule has 3 aromatic carbocycles. The van der Waals surface area contributed by atoms with Crippen molar-refractivity contribution in [3.63, 3.8) is 0 Å². The van der Waals surface area contributed by atoms with Gasteiger partial charge >= 0.3 is 0 Å². The fourth-order valence-corrected chi connectivity index (χ4v) is 4.41. The first-order valence-electron chi connectivity index (χ1n) is 9.37. The zero-order valence-electron chi connectivity index (χ0n) is 15.9. The quantitative estimate of drug-likeness (QED) is 0.598. The van der Waals surface area contributed by atoms with E-state index in [4.69, 9.17) is 28.9 Å². The monoisotopic (exact) mass is 439 g/mol. The van der Waals surface area contributed by atoms with Crippen LogP contribution in [0.4, 0.5) is 11.4 Å². The molecule has 1 heterocycles. The average molecular weight is 440 g/mol. The molecule has 0 radical (unpaired) electrons. The van der Waals surface area contributed by atoms with Gasteiger partial charge in [-0.3, -0.25) is 9.59 Å². The van der Waals surface area contributed by atoms with E-state index in [1.807, 2.05) is 54.6 Å². The van der Waals surface area contributed by atoms with E-state index in [1.54, 1.807) is 23.1 Å². The average Bonchev–Trinajstić information content (AvgIpc) is 2.98. The maximum Gasteiger partial charge on any atom is 0.255 e. The lowest BCUT2D eigenvalue weighted by atomic mass is 9.82. The normalized spacial score (nSPS) is 17.3. The van der Waals surface area contributed by atoms with Crippen LogP contribution in [0.2, 0.25) is 10.0 Å². The minimum Gasteiger partial charge on any atom is -0.368 e. The minimum atomic E-state index is -1.21. The van der Waals surface area contributed by atoms with Gasteiger partial charge in [-0.05, 0) is 42.0 Å². The van der Waals surface area contributed by atoms with Gasteiger partial charge in [-0.15, -0.1) is 0 Å². The van der Waals surface area contributed by atoms with Gasteiger partial charge in [0.2, 0.25) is 5.91 Å². The van der Waals surface area contributed by atoms with E-state index in [0.717, 1.165) is 11.1 Å². The van der Waals surface area contributed by atoms with E-state index >= 15 is 0 Å². The highest BCUT2D eigenvalue weighted by molar-refractivity contribution is 6.31. The zero-order chi connectivity index (χ0) is 21.3. The highest BCUT2D eigenvalue weighted by Gasteiger charge is 2.52. The van der Waals surface area contributed by atoms with E-state index < -0.39 is 11.4 Å². The molecular formula is C23H19Cl2N3O2. The number of fused-ring (bicyclic) bond motifs is 1. The summed E-state index contributed by atoms with van der Waals surface area (Å²) in [5.41, 5.74) is 7.29. The Bertz CT molecular complexity index is 1120. The van der Waals surface area contributed by atoms with E-state index in [1.165, 1.54) is 0 Å². The molecule has 1 atom stereocenters. The Balaban J connectivity index is 1.96. The second-order valence-corrected chi connectivity index (χ2v) is 8.07. The fourth-order valence-electron chi connectivity index (χ4n) is 4.02. The number of anilines is 2. The lowest BCUT2D eigenvalue weighted by Gasteiger charge is -2.41. The van der Waals surface area contributed by atoms with Gasteiger partial charge in [0.05, 0.1) is 6.54 Å². The number of hydrogen-bond acceptors (Lipinski definition) is 3. The Morgan fingerprint density at radius 3 is 2.40 bits per heavy atom. The molecule has 0 aliphatic carbocycles. The van der Waals surface area contributed by atoms with Gasteiger partial charge in [0, 0.05) is 33.4 Å². The molecule has 30 heavy (non-hydrogen) atoms. The van der Waals surface area contributed by atoms with Crippen LogP contribution in [0.5, 0.6) is 0 Å². The summed E-state index contributed by atoms with van der Waals surface area (Å²) >= 11 is 12.4. The molecule has 0 spiro atoms. The van der Waals surface area contributed by atoms with Crippen LogP contribution < -0.4 is 16.0 Å². The molecule has 0 saturated carbocycles. The van der Waals surface area contributed by atoms with E-state index in [0.29, 0.717) is 21.4 Å². The molecule has 1 aliphatic heterocycles. The van der Waals surface area contributed by atoms with E-state index in [-0.39, 0.29) is 18.9 Å². The lowest BCUT2D eigenvalue weighted by molar-refractivity contribution is -0.121. The summed E-state index contributed by atoms with van der Waals surface area (Å²) in [6.07, 6.45) is 0.288. The van der Waals surface area contributed by atoms with Crippen LogP contribution in [0.15, 0.2) is 72.8 Å². The van der Waals surface area contributed by atoms with Gasteiger partial charge in [-0.2, -0.15) is 0 Å². The number of carbonyl (C=O) groups is 2. The lowest BCUT2D eigenvalue weighted by Crippen LogP contribution is -2.55. The third-order valence-electron chi connectivity index (χ3n) is 5.24. The number of nitrogens with zero attached hydrogens (tertiary/aromatic N) is 1. The molecule has 3 N–H and O–H groups in total. The van der Waals surface area contributed by atoms with Crippen LogP contribution >= 0.6 is 23.2 Å². The Morgan fingerprint density at radius 1 is 0.967 bits per heavy atom. The second-order valence-electron chi connectivity index (χ2n) is 7.20. The summed E-state index contributed by atoms with van der Waals surface area (Å²) in [6, 6.07) is 21.9. The molecule has 0 bridgehead atoms. The van der Waals surface area contributed by atoms with Gasteiger partial charge in [0.15, 0.2) is 5.54 Å². The zero-order valence-corrected chi connectivity index (χ0v) is 17.5. The maximum atomic E-state index is 13.6. The first-order chi connectivity index (χ1) is 14.4. The molecular weight excluding hydrogens is 421 g/mol.